The molecule has 1 aliphatic heterocycles. The normalized spacial score (nSPS) is 22.4. The molecule has 1 heterocycles. The van der Waals surface area contributed by atoms with E-state index in [9.17, 15) is 22.8 Å². The molecule has 1 amide bonds. The quantitative estimate of drug-likeness (QED) is 0.759. The number of hydrogen-bond donors (Lipinski definition) is 1. The van der Waals surface area contributed by atoms with Crippen LogP contribution in [0.25, 0.3) is 0 Å². The van der Waals surface area contributed by atoms with E-state index in [-0.39, 0.29) is 12.1 Å². The number of likely N-dealkylation sites (tertiary alicyclic amines) is 1. The lowest BCUT2D eigenvalue weighted by molar-refractivity contribution is -0.227. The molecule has 21 heavy (non-hydrogen) atoms. The van der Waals surface area contributed by atoms with Gasteiger partial charge in [-0.15, -0.1) is 0 Å². The van der Waals surface area contributed by atoms with Gasteiger partial charge in [-0.2, -0.15) is 13.2 Å². The lowest BCUT2D eigenvalue weighted by Gasteiger charge is -2.27. The Kier molecular flexibility index (Phi) is 4.18. The zero-order valence-electron chi connectivity index (χ0n) is 10.7. The van der Waals surface area contributed by atoms with Gasteiger partial charge in [0.1, 0.15) is 0 Å². The van der Waals surface area contributed by atoms with Crippen molar-refractivity contribution >= 4 is 34.5 Å². The van der Waals surface area contributed by atoms with E-state index in [1.807, 2.05) is 22.6 Å². The smallest absolute Gasteiger partial charge is 0.406 e. The number of carboxylic acid groups (broad SMARTS) is 1. The van der Waals surface area contributed by atoms with Gasteiger partial charge in [0.05, 0.1) is 0 Å². The average Bonchev–Trinajstić information content (AvgIpc) is 2.83. The Bertz CT molecular complexity index is 590. The molecule has 114 valence electrons. The summed E-state index contributed by atoms with van der Waals surface area (Å²) in [7, 11) is 0. The lowest BCUT2D eigenvalue weighted by Crippen LogP contribution is -2.47. The van der Waals surface area contributed by atoms with E-state index in [0.717, 1.165) is 8.47 Å². The molecule has 1 aromatic carbocycles. The summed E-state index contributed by atoms with van der Waals surface area (Å²) in [5.41, 5.74) is -2.62. The number of benzene rings is 1. The zero-order chi connectivity index (χ0) is 15.8. The van der Waals surface area contributed by atoms with Gasteiger partial charge in [-0.3, -0.25) is 9.59 Å². The van der Waals surface area contributed by atoms with Crippen molar-refractivity contribution in [2.75, 3.05) is 13.1 Å². The van der Waals surface area contributed by atoms with Crippen LogP contribution in [0.15, 0.2) is 24.3 Å². The number of carboxylic acids is 1. The van der Waals surface area contributed by atoms with E-state index >= 15 is 0 Å². The number of halogens is 4. The largest absolute Gasteiger partial charge is 0.481 e. The van der Waals surface area contributed by atoms with Crippen LogP contribution in [0.1, 0.15) is 16.8 Å². The number of aliphatic carboxylic acids is 1. The fourth-order valence-corrected chi connectivity index (χ4v) is 2.86. The molecule has 1 unspecified atom stereocenters. The first-order chi connectivity index (χ1) is 9.67. The van der Waals surface area contributed by atoms with Crippen molar-refractivity contribution in [2.24, 2.45) is 5.41 Å². The fourth-order valence-electron chi connectivity index (χ4n) is 2.31. The van der Waals surface area contributed by atoms with Crippen molar-refractivity contribution in [1.82, 2.24) is 4.90 Å². The summed E-state index contributed by atoms with van der Waals surface area (Å²) >= 11 is 1.99. The van der Waals surface area contributed by atoms with Gasteiger partial charge in [-0.25, -0.2) is 0 Å². The van der Waals surface area contributed by atoms with Crippen LogP contribution < -0.4 is 0 Å². The van der Waals surface area contributed by atoms with Gasteiger partial charge in [-0.05, 0) is 47.2 Å². The van der Waals surface area contributed by atoms with Gasteiger partial charge in [0.15, 0.2) is 5.41 Å². The predicted molar refractivity (Wildman–Crippen MR) is 75.8 cm³/mol. The van der Waals surface area contributed by atoms with Crippen molar-refractivity contribution < 1.29 is 27.9 Å². The van der Waals surface area contributed by atoms with Crippen molar-refractivity contribution in [1.29, 1.82) is 0 Å². The van der Waals surface area contributed by atoms with Gasteiger partial charge in [-0.1, -0.05) is 6.07 Å². The Morgan fingerprint density at radius 3 is 2.48 bits per heavy atom. The van der Waals surface area contributed by atoms with Gasteiger partial charge < -0.3 is 10.0 Å². The molecule has 2 rings (SSSR count). The van der Waals surface area contributed by atoms with Crippen LogP contribution in [0.2, 0.25) is 0 Å². The summed E-state index contributed by atoms with van der Waals surface area (Å²) in [5.74, 6) is -2.52. The molecule has 1 atom stereocenters. The highest BCUT2D eigenvalue weighted by molar-refractivity contribution is 14.1. The summed E-state index contributed by atoms with van der Waals surface area (Å²) in [6.07, 6.45) is -5.51. The monoisotopic (exact) mass is 413 g/mol. The van der Waals surface area contributed by atoms with E-state index in [2.05, 4.69) is 0 Å². The molecule has 0 aromatic heterocycles. The molecule has 0 aliphatic carbocycles. The highest BCUT2D eigenvalue weighted by Gasteiger charge is 2.64. The molecule has 1 fully saturated rings. The summed E-state index contributed by atoms with van der Waals surface area (Å²) in [6, 6.07) is 6.42. The Morgan fingerprint density at radius 1 is 1.33 bits per heavy atom. The second-order valence-corrected chi connectivity index (χ2v) is 6.12. The van der Waals surface area contributed by atoms with Gasteiger partial charge in [0, 0.05) is 22.2 Å². The number of carbonyl (C=O) groups excluding carboxylic acids is 1. The van der Waals surface area contributed by atoms with Crippen molar-refractivity contribution in [3.63, 3.8) is 0 Å². The third-order valence-corrected chi connectivity index (χ3v) is 4.25. The molecule has 1 N–H and O–H groups in total. The molecule has 1 aliphatic rings. The van der Waals surface area contributed by atoms with Gasteiger partial charge in [0.2, 0.25) is 0 Å². The third-order valence-electron chi connectivity index (χ3n) is 3.58. The Hall–Kier alpha value is -1.32. The molecule has 0 spiro atoms. The lowest BCUT2D eigenvalue weighted by atomic mass is 9.86. The van der Waals surface area contributed by atoms with Crippen LogP contribution in [0.5, 0.6) is 0 Å². The molecule has 1 aromatic rings. The Labute approximate surface area is 132 Å². The number of hydrogen-bond acceptors (Lipinski definition) is 2. The van der Waals surface area contributed by atoms with Crippen LogP contribution in [-0.4, -0.2) is 41.1 Å². The maximum Gasteiger partial charge on any atom is 0.406 e. The van der Waals surface area contributed by atoms with Gasteiger partial charge in [0.25, 0.3) is 5.91 Å². The molecule has 8 heteroatoms. The van der Waals surface area contributed by atoms with Crippen LogP contribution in [0.4, 0.5) is 13.2 Å². The minimum Gasteiger partial charge on any atom is -0.481 e. The number of carbonyl (C=O) groups is 2. The second-order valence-electron chi connectivity index (χ2n) is 4.87. The molecule has 4 nitrogen and oxygen atoms in total. The van der Waals surface area contributed by atoms with E-state index in [0.29, 0.717) is 0 Å². The van der Waals surface area contributed by atoms with Crippen LogP contribution in [0, 0.1) is 8.99 Å². The predicted octanol–water partition coefficient (Wildman–Crippen LogP) is 2.77. The molecule has 0 bridgehead atoms. The highest BCUT2D eigenvalue weighted by Crippen LogP contribution is 2.45. The minimum absolute atomic E-state index is 0.226. The fraction of sp³-hybridized carbons (Fsp3) is 0.385. The summed E-state index contributed by atoms with van der Waals surface area (Å²) in [4.78, 5) is 24.2. The Balaban J connectivity index is 2.26. The summed E-state index contributed by atoms with van der Waals surface area (Å²) in [5, 5.41) is 8.95. The molecular weight excluding hydrogens is 402 g/mol. The second kappa shape index (κ2) is 5.47. The van der Waals surface area contributed by atoms with Crippen LogP contribution in [0.3, 0.4) is 0 Å². The average molecular weight is 413 g/mol. The molecule has 1 saturated heterocycles. The maximum atomic E-state index is 13.0. The van der Waals surface area contributed by atoms with Gasteiger partial charge >= 0.3 is 12.1 Å². The number of nitrogens with zero attached hydrogens (tertiary/aromatic N) is 1. The standard InChI is InChI=1S/C13H11F3INO3/c14-13(15,16)12(11(20)21)4-5-18(7-12)10(19)8-2-1-3-9(17)6-8/h1-3,6H,4-5,7H2,(H,20,21). The molecular formula is C13H11F3INO3. The minimum atomic E-state index is -4.89. The highest BCUT2D eigenvalue weighted by atomic mass is 127. The first-order valence-electron chi connectivity index (χ1n) is 6.02. The first kappa shape index (κ1) is 16.1. The number of alkyl halides is 3. The summed E-state index contributed by atoms with van der Waals surface area (Å²) in [6.45, 7) is -1.08. The molecule has 0 saturated carbocycles. The maximum absolute atomic E-state index is 13.0. The van der Waals surface area contributed by atoms with E-state index < -0.39 is 36.4 Å². The van der Waals surface area contributed by atoms with Crippen molar-refractivity contribution in [3.05, 3.63) is 33.4 Å². The Morgan fingerprint density at radius 2 is 2.00 bits per heavy atom. The zero-order valence-corrected chi connectivity index (χ0v) is 12.8. The van der Waals surface area contributed by atoms with Crippen LogP contribution >= 0.6 is 22.6 Å². The van der Waals surface area contributed by atoms with E-state index in [1.54, 1.807) is 18.2 Å². The third kappa shape index (κ3) is 2.85. The van der Waals surface area contributed by atoms with E-state index in [1.165, 1.54) is 6.07 Å². The number of rotatable bonds is 2. The van der Waals surface area contributed by atoms with Crippen molar-refractivity contribution in [2.45, 2.75) is 12.6 Å². The first-order valence-corrected chi connectivity index (χ1v) is 7.10. The molecule has 0 radical (unpaired) electrons. The van der Waals surface area contributed by atoms with Crippen molar-refractivity contribution in [3.8, 4) is 0 Å². The topological polar surface area (TPSA) is 57.6 Å². The van der Waals surface area contributed by atoms with E-state index in [4.69, 9.17) is 5.11 Å². The number of amides is 1. The van der Waals surface area contributed by atoms with Crippen LogP contribution in [-0.2, 0) is 4.79 Å². The summed E-state index contributed by atoms with van der Waals surface area (Å²) < 4.78 is 39.9. The SMILES string of the molecule is O=C(c1cccc(I)c1)N1CCC(C(=O)O)(C(F)(F)F)C1.